The molecule has 0 radical (unpaired) electrons. The summed E-state index contributed by atoms with van der Waals surface area (Å²) in [6.45, 7) is 0. The average molecular weight is 366 g/mol. The lowest BCUT2D eigenvalue weighted by atomic mass is 10.0. The summed E-state index contributed by atoms with van der Waals surface area (Å²) >= 11 is 0. The first-order valence-corrected chi connectivity index (χ1v) is 9.06. The first-order valence-electron chi connectivity index (χ1n) is 9.06. The van der Waals surface area contributed by atoms with Crippen LogP contribution in [0.3, 0.4) is 0 Å². The molecular weight excluding hydrogens is 348 g/mol. The predicted molar refractivity (Wildman–Crippen MR) is 112 cm³/mol. The highest BCUT2D eigenvalue weighted by Gasteiger charge is 2.08. The van der Waals surface area contributed by atoms with Crippen LogP contribution in [0.4, 0.5) is 0 Å². The van der Waals surface area contributed by atoms with Crippen molar-refractivity contribution >= 4 is 21.8 Å². The lowest BCUT2D eigenvalue weighted by Gasteiger charge is -2.10. The number of phenols is 1. The molecule has 1 heterocycles. The quantitative estimate of drug-likeness (QED) is 0.455. The van der Waals surface area contributed by atoms with Crippen LogP contribution in [0, 0.1) is 0 Å². The topological polar surface area (TPSA) is 47.3 Å². The fourth-order valence-corrected chi connectivity index (χ4v) is 3.61. The number of aromatic nitrogens is 2. The van der Waals surface area contributed by atoms with Crippen LogP contribution in [0.1, 0.15) is 0 Å². The van der Waals surface area contributed by atoms with Crippen molar-refractivity contribution in [2.45, 2.75) is 0 Å². The number of ether oxygens (including phenoxy) is 1. The molecule has 0 atom stereocenters. The monoisotopic (exact) mass is 366 g/mol. The van der Waals surface area contributed by atoms with E-state index in [4.69, 9.17) is 4.74 Å². The lowest BCUT2D eigenvalue weighted by molar-refractivity contribution is 0.374. The van der Waals surface area contributed by atoms with Crippen LogP contribution < -0.4 is 4.74 Å². The molecule has 0 spiro atoms. The summed E-state index contributed by atoms with van der Waals surface area (Å²) < 4.78 is 7.35. The van der Waals surface area contributed by atoms with E-state index < -0.39 is 0 Å². The molecule has 0 unspecified atom stereocenters. The van der Waals surface area contributed by atoms with E-state index in [2.05, 4.69) is 52.0 Å². The molecule has 0 saturated carbocycles. The van der Waals surface area contributed by atoms with E-state index in [1.807, 2.05) is 36.7 Å². The molecule has 0 bridgehead atoms. The fraction of sp³-hybridized carbons (Fsp3) is 0.0417. The Kier molecular flexibility index (Phi) is 3.76. The smallest absolute Gasteiger partial charge is 0.161 e. The summed E-state index contributed by atoms with van der Waals surface area (Å²) in [5, 5.41) is 12.0. The number of nitrogens with zero attached hydrogens (tertiary/aromatic N) is 2. The van der Waals surface area contributed by atoms with Gasteiger partial charge in [0.15, 0.2) is 11.5 Å². The van der Waals surface area contributed by atoms with Crippen molar-refractivity contribution in [1.82, 2.24) is 9.55 Å². The first-order chi connectivity index (χ1) is 13.7. The average Bonchev–Trinajstić information content (AvgIpc) is 3.17. The van der Waals surface area contributed by atoms with Gasteiger partial charge in [-0.25, -0.2) is 4.98 Å². The second-order valence-electron chi connectivity index (χ2n) is 6.74. The fourth-order valence-electron chi connectivity index (χ4n) is 3.61. The van der Waals surface area contributed by atoms with Crippen LogP contribution in [-0.4, -0.2) is 21.8 Å². The van der Waals surface area contributed by atoms with Gasteiger partial charge < -0.3 is 9.84 Å². The van der Waals surface area contributed by atoms with E-state index in [0.717, 1.165) is 38.6 Å². The summed E-state index contributed by atoms with van der Waals surface area (Å²) in [4.78, 5) is 4.49. The predicted octanol–water partition coefficient (Wildman–Crippen LogP) is 5.56. The van der Waals surface area contributed by atoms with Gasteiger partial charge in [0, 0.05) is 5.69 Å². The van der Waals surface area contributed by atoms with Crippen LogP contribution >= 0.6 is 0 Å². The summed E-state index contributed by atoms with van der Waals surface area (Å²) in [6, 6.07) is 26.3. The van der Waals surface area contributed by atoms with Crippen LogP contribution in [0.2, 0.25) is 0 Å². The zero-order valence-electron chi connectivity index (χ0n) is 15.3. The number of fused-ring (bicyclic) bond motifs is 2. The highest BCUT2D eigenvalue weighted by molar-refractivity contribution is 5.90. The Morgan fingerprint density at radius 1 is 0.821 bits per heavy atom. The molecule has 5 aromatic rings. The van der Waals surface area contributed by atoms with Gasteiger partial charge in [-0.2, -0.15) is 0 Å². The van der Waals surface area contributed by atoms with Gasteiger partial charge in [-0.15, -0.1) is 0 Å². The van der Waals surface area contributed by atoms with Crippen LogP contribution in [0.15, 0.2) is 85.2 Å². The van der Waals surface area contributed by atoms with Crippen molar-refractivity contribution in [3.05, 3.63) is 85.2 Å². The minimum absolute atomic E-state index is 0.150. The highest BCUT2D eigenvalue weighted by atomic mass is 16.5. The number of hydrogen-bond acceptors (Lipinski definition) is 3. The number of rotatable bonds is 3. The number of para-hydroxylation sites is 2. The minimum atomic E-state index is 0.150. The maximum Gasteiger partial charge on any atom is 0.161 e. The van der Waals surface area contributed by atoms with Crippen molar-refractivity contribution in [2.24, 2.45) is 0 Å². The van der Waals surface area contributed by atoms with E-state index in [-0.39, 0.29) is 5.75 Å². The molecule has 4 nitrogen and oxygen atoms in total. The Morgan fingerprint density at radius 3 is 2.57 bits per heavy atom. The third-order valence-corrected chi connectivity index (χ3v) is 5.05. The Labute approximate surface area is 162 Å². The molecule has 0 aliphatic carbocycles. The van der Waals surface area contributed by atoms with Crippen LogP contribution in [0.25, 0.3) is 38.6 Å². The summed E-state index contributed by atoms with van der Waals surface area (Å²) in [5.41, 5.74) is 5.34. The van der Waals surface area contributed by atoms with Gasteiger partial charge >= 0.3 is 0 Å². The minimum Gasteiger partial charge on any atom is -0.504 e. The summed E-state index contributed by atoms with van der Waals surface area (Å²) in [6.07, 6.45) is 1.86. The zero-order chi connectivity index (χ0) is 19.1. The first kappa shape index (κ1) is 16.4. The van der Waals surface area contributed by atoms with E-state index in [0.29, 0.717) is 5.75 Å². The van der Waals surface area contributed by atoms with Crippen molar-refractivity contribution in [1.29, 1.82) is 0 Å². The molecule has 28 heavy (non-hydrogen) atoms. The number of imidazole rings is 1. The number of phenolic OH excluding ortho intramolecular Hbond substituents is 1. The maximum atomic E-state index is 9.99. The molecule has 0 fully saturated rings. The number of methoxy groups -OCH3 is 1. The Bertz CT molecular complexity index is 1320. The summed E-state index contributed by atoms with van der Waals surface area (Å²) in [5.74, 6) is 0.625. The molecule has 0 aliphatic rings. The van der Waals surface area contributed by atoms with Crippen molar-refractivity contribution in [3.8, 4) is 28.3 Å². The van der Waals surface area contributed by atoms with Crippen LogP contribution in [-0.2, 0) is 0 Å². The molecule has 4 heteroatoms. The molecule has 1 aromatic heterocycles. The molecule has 0 aliphatic heterocycles. The second kappa shape index (κ2) is 6.43. The second-order valence-corrected chi connectivity index (χ2v) is 6.74. The summed E-state index contributed by atoms with van der Waals surface area (Å²) in [7, 11) is 1.56. The van der Waals surface area contributed by atoms with Crippen molar-refractivity contribution < 1.29 is 9.84 Å². The maximum absolute atomic E-state index is 9.99. The van der Waals surface area contributed by atoms with E-state index in [9.17, 15) is 5.11 Å². The highest BCUT2D eigenvalue weighted by Crippen LogP contribution is 2.34. The molecule has 136 valence electrons. The van der Waals surface area contributed by atoms with Gasteiger partial charge in [0.2, 0.25) is 0 Å². The molecule has 4 aromatic carbocycles. The van der Waals surface area contributed by atoms with Gasteiger partial charge in [-0.3, -0.25) is 4.57 Å². The van der Waals surface area contributed by atoms with Crippen LogP contribution in [0.5, 0.6) is 11.5 Å². The van der Waals surface area contributed by atoms with Gasteiger partial charge in [0.05, 0.1) is 18.1 Å². The SMILES string of the molecule is COc1cc2cc(-c3cccc(-n4cnc5ccccc54)c3)ccc2cc1O. The molecular formula is C24H18N2O2. The molecule has 1 N–H and O–H groups in total. The molecule has 0 amide bonds. The number of benzene rings is 4. The number of aromatic hydroxyl groups is 1. The standard InChI is InChI=1S/C24H18N2O2/c1-28-24-14-19-11-17(9-10-18(19)13-23(24)27)16-5-4-6-20(12-16)26-15-25-21-7-2-3-8-22(21)26/h2-15,27H,1H3. The van der Waals surface area contributed by atoms with Crippen molar-refractivity contribution in [3.63, 3.8) is 0 Å². The number of hydrogen-bond donors (Lipinski definition) is 1. The van der Waals surface area contributed by atoms with E-state index in [1.54, 1.807) is 13.2 Å². The lowest BCUT2D eigenvalue weighted by Crippen LogP contribution is -1.92. The Balaban J connectivity index is 1.62. The Morgan fingerprint density at radius 2 is 1.68 bits per heavy atom. The van der Waals surface area contributed by atoms with Gasteiger partial charge in [-0.05, 0) is 64.4 Å². The van der Waals surface area contributed by atoms with Gasteiger partial charge in [0.25, 0.3) is 0 Å². The third-order valence-electron chi connectivity index (χ3n) is 5.05. The largest absolute Gasteiger partial charge is 0.504 e. The van der Waals surface area contributed by atoms with Gasteiger partial charge in [-0.1, -0.05) is 36.4 Å². The zero-order valence-corrected chi connectivity index (χ0v) is 15.3. The Hall–Kier alpha value is -3.79. The van der Waals surface area contributed by atoms with Crippen molar-refractivity contribution in [2.75, 3.05) is 7.11 Å². The van der Waals surface area contributed by atoms with E-state index in [1.165, 1.54) is 0 Å². The third kappa shape index (κ3) is 2.67. The normalized spacial score (nSPS) is 11.2. The molecule has 5 rings (SSSR count). The molecule has 0 saturated heterocycles. The van der Waals surface area contributed by atoms with E-state index >= 15 is 0 Å². The van der Waals surface area contributed by atoms with Gasteiger partial charge in [0.1, 0.15) is 6.33 Å².